The maximum Gasteiger partial charge on any atom is 0.160 e. The van der Waals surface area contributed by atoms with Gasteiger partial charge in [-0.2, -0.15) is 0 Å². The predicted octanol–water partition coefficient (Wildman–Crippen LogP) is 1.74. The molecule has 16 heavy (non-hydrogen) atoms. The molecule has 1 saturated heterocycles. The summed E-state index contributed by atoms with van der Waals surface area (Å²) in [4.78, 5) is 0. The Morgan fingerprint density at radius 3 is 2.31 bits per heavy atom. The van der Waals surface area contributed by atoms with E-state index in [0.717, 1.165) is 5.57 Å². The lowest BCUT2D eigenvalue weighted by molar-refractivity contribution is -0.241. The summed E-state index contributed by atoms with van der Waals surface area (Å²) >= 11 is 0. The van der Waals surface area contributed by atoms with Gasteiger partial charge in [-0.05, 0) is 19.4 Å². The lowest BCUT2D eigenvalue weighted by Gasteiger charge is -2.40. The minimum absolute atomic E-state index is 0.00333. The maximum absolute atomic E-state index is 5.83. The van der Waals surface area contributed by atoms with Gasteiger partial charge in [-0.25, -0.2) is 0 Å². The molecule has 0 spiro atoms. The first-order chi connectivity index (χ1) is 7.67. The van der Waals surface area contributed by atoms with Crippen molar-refractivity contribution in [1.82, 2.24) is 0 Å². The third-order valence-electron chi connectivity index (χ3n) is 3.13. The highest BCUT2D eigenvalue weighted by atomic mass is 16.7. The minimum Gasteiger partial charge on any atom is -0.378 e. The quantitative estimate of drug-likeness (QED) is 0.689. The van der Waals surface area contributed by atoms with E-state index >= 15 is 0 Å². The summed E-state index contributed by atoms with van der Waals surface area (Å²) in [5, 5.41) is 0. The highest BCUT2D eigenvalue weighted by Gasteiger charge is 2.39. The molecule has 0 radical (unpaired) electrons. The van der Waals surface area contributed by atoms with Crippen LogP contribution in [0.1, 0.15) is 20.3 Å². The van der Waals surface area contributed by atoms with Crippen LogP contribution < -0.4 is 0 Å². The molecule has 0 amide bonds. The number of hydrogen-bond donors (Lipinski definition) is 0. The van der Waals surface area contributed by atoms with Crippen LogP contribution in [-0.2, 0) is 18.9 Å². The van der Waals surface area contributed by atoms with Crippen molar-refractivity contribution in [1.29, 1.82) is 0 Å². The Morgan fingerprint density at radius 2 is 1.88 bits per heavy atom. The first-order valence-corrected chi connectivity index (χ1v) is 5.54. The molecule has 4 atom stereocenters. The van der Waals surface area contributed by atoms with E-state index < -0.39 is 0 Å². The number of ether oxygens (including phenoxy) is 4. The molecule has 0 bridgehead atoms. The van der Waals surface area contributed by atoms with Gasteiger partial charge in [-0.15, -0.1) is 0 Å². The average molecular weight is 230 g/mol. The molecular weight excluding hydrogens is 208 g/mol. The van der Waals surface area contributed by atoms with Gasteiger partial charge in [-0.1, -0.05) is 6.08 Å². The van der Waals surface area contributed by atoms with Crippen molar-refractivity contribution >= 4 is 0 Å². The zero-order valence-corrected chi connectivity index (χ0v) is 10.7. The summed E-state index contributed by atoms with van der Waals surface area (Å²) in [5.41, 5.74) is 1.13. The predicted molar refractivity (Wildman–Crippen MR) is 61.3 cm³/mol. The molecule has 0 unspecified atom stereocenters. The Hall–Kier alpha value is -0.420. The average Bonchev–Trinajstić information content (AvgIpc) is 2.35. The molecule has 94 valence electrons. The molecule has 1 rings (SSSR count). The second kappa shape index (κ2) is 6.35. The smallest absolute Gasteiger partial charge is 0.160 e. The normalized spacial score (nSPS) is 36.4. The van der Waals surface area contributed by atoms with Crippen LogP contribution in [-0.4, -0.2) is 45.9 Å². The Morgan fingerprint density at radius 1 is 1.19 bits per heavy atom. The standard InChI is InChI=1S/C12H22O4/c1-6-8(2)11-12(15-5)9(13-3)7-10(14-4)16-11/h6,9-12H,7H2,1-5H3/b8-6+/t9-,10+,11+,12-/m0/s1. The second-order valence-corrected chi connectivity index (χ2v) is 3.96. The second-order valence-electron chi connectivity index (χ2n) is 3.96. The Bertz CT molecular complexity index is 239. The monoisotopic (exact) mass is 230 g/mol. The summed E-state index contributed by atoms with van der Waals surface area (Å²) in [6, 6.07) is 0. The maximum atomic E-state index is 5.83. The van der Waals surface area contributed by atoms with Gasteiger partial charge in [0.2, 0.25) is 0 Å². The largest absolute Gasteiger partial charge is 0.378 e. The van der Waals surface area contributed by atoms with E-state index in [1.807, 2.05) is 19.9 Å². The van der Waals surface area contributed by atoms with Gasteiger partial charge in [0.05, 0.1) is 6.10 Å². The van der Waals surface area contributed by atoms with Gasteiger partial charge in [-0.3, -0.25) is 0 Å². The highest BCUT2D eigenvalue weighted by molar-refractivity contribution is 5.09. The van der Waals surface area contributed by atoms with E-state index in [-0.39, 0.29) is 24.6 Å². The molecule has 1 fully saturated rings. The van der Waals surface area contributed by atoms with Crippen molar-refractivity contribution in [2.24, 2.45) is 0 Å². The Labute approximate surface area is 97.5 Å². The van der Waals surface area contributed by atoms with Crippen LogP contribution in [0.3, 0.4) is 0 Å². The zero-order chi connectivity index (χ0) is 12.1. The molecular formula is C12H22O4. The van der Waals surface area contributed by atoms with Gasteiger partial charge in [0.25, 0.3) is 0 Å². The summed E-state index contributed by atoms with van der Waals surface area (Å²) in [6.07, 6.45) is 2.33. The SMILES string of the molecule is C/C=C(\C)[C@H]1O[C@@H](OC)C[C@H](OC)[C@@H]1OC. The van der Waals surface area contributed by atoms with E-state index in [1.54, 1.807) is 21.3 Å². The van der Waals surface area contributed by atoms with Crippen LogP contribution in [0.4, 0.5) is 0 Å². The number of hydrogen-bond acceptors (Lipinski definition) is 4. The molecule has 1 aliphatic heterocycles. The van der Waals surface area contributed by atoms with Crippen molar-refractivity contribution in [3.8, 4) is 0 Å². The third kappa shape index (κ3) is 2.83. The fourth-order valence-electron chi connectivity index (χ4n) is 2.00. The van der Waals surface area contributed by atoms with E-state index in [1.165, 1.54) is 0 Å². The molecule has 0 aromatic carbocycles. The first kappa shape index (κ1) is 13.6. The van der Waals surface area contributed by atoms with E-state index in [4.69, 9.17) is 18.9 Å². The number of rotatable bonds is 4. The Kier molecular flexibility index (Phi) is 5.41. The molecule has 0 N–H and O–H groups in total. The van der Waals surface area contributed by atoms with Crippen molar-refractivity contribution in [3.63, 3.8) is 0 Å². The zero-order valence-electron chi connectivity index (χ0n) is 10.7. The first-order valence-electron chi connectivity index (χ1n) is 5.54. The topological polar surface area (TPSA) is 36.9 Å². The van der Waals surface area contributed by atoms with Crippen molar-refractivity contribution in [2.45, 2.75) is 44.9 Å². The van der Waals surface area contributed by atoms with E-state index in [9.17, 15) is 0 Å². The van der Waals surface area contributed by atoms with Crippen molar-refractivity contribution < 1.29 is 18.9 Å². The lowest BCUT2D eigenvalue weighted by atomic mass is 9.96. The summed E-state index contributed by atoms with van der Waals surface area (Å²) in [5.74, 6) is 0. The minimum atomic E-state index is -0.226. The molecule has 1 aliphatic rings. The van der Waals surface area contributed by atoms with Crippen molar-refractivity contribution in [2.75, 3.05) is 21.3 Å². The van der Waals surface area contributed by atoms with Crippen molar-refractivity contribution in [3.05, 3.63) is 11.6 Å². The summed E-state index contributed by atoms with van der Waals surface area (Å²) in [6.45, 7) is 4.02. The molecule has 4 nitrogen and oxygen atoms in total. The molecule has 1 heterocycles. The summed E-state index contributed by atoms with van der Waals surface area (Å²) < 4.78 is 22.0. The van der Waals surface area contributed by atoms with Crippen LogP contribution in [0.15, 0.2) is 11.6 Å². The van der Waals surface area contributed by atoms with Gasteiger partial charge < -0.3 is 18.9 Å². The molecule has 4 heteroatoms. The van der Waals surface area contributed by atoms with Gasteiger partial charge >= 0.3 is 0 Å². The fourth-order valence-corrected chi connectivity index (χ4v) is 2.00. The van der Waals surface area contributed by atoms with E-state index in [0.29, 0.717) is 6.42 Å². The number of methoxy groups -OCH3 is 3. The third-order valence-corrected chi connectivity index (χ3v) is 3.13. The van der Waals surface area contributed by atoms with Gasteiger partial charge in [0.1, 0.15) is 12.2 Å². The fraction of sp³-hybridized carbons (Fsp3) is 0.833. The van der Waals surface area contributed by atoms with E-state index in [2.05, 4.69) is 0 Å². The summed E-state index contributed by atoms with van der Waals surface area (Å²) in [7, 11) is 5.02. The van der Waals surface area contributed by atoms with Crippen LogP contribution in [0.25, 0.3) is 0 Å². The van der Waals surface area contributed by atoms with Crippen LogP contribution in [0.2, 0.25) is 0 Å². The number of allylic oxidation sites excluding steroid dienone is 1. The van der Waals surface area contributed by atoms with Crippen LogP contribution in [0, 0.1) is 0 Å². The van der Waals surface area contributed by atoms with Gasteiger partial charge in [0, 0.05) is 27.8 Å². The lowest BCUT2D eigenvalue weighted by Crippen LogP contribution is -2.50. The molecule has 0 aliphatic carbocycles. The van der Waals surface area contributed by atoms with Gasteiger partial charge in [0.15, 0.2) is 6.29 Å². The van der Waals surface area contributed by atoms with Crippen LogP contribution >= 0.6 is 0 Å². The molecule has 0 aromatic rings. The molecule has 0 saturated carbocycles. The van der Waals surface area contributed by atoms with Crippen LogP contribution in [0.5, 0.6) is 0 Å². The molecule has 0 aromatic heterocycles. The highest BCUT2D eigenvalue weighted by Crippen LogP contribution is 2.28. The Balaban J connectivity index is 2.84.